The highest BCUT2D eigenvalue weighted by atomic mass is 16.6. The highest BCUT2D eigenvalue weighted by molar-refractivity contribution is 5.55. The number of hydrogen-bond acceptors (Lipinski definition) is 7. The molecule has 8 heteroatoms. The van der Waals surface area contributed by atoms with E-state index in [4.69, 9.17) is 18.6 Å². The number of ether oxygens (including phenoxy) is 3. The van der Waals surface area contributed by atoms with E-state index in [0.717, 1.165) is 48.3 Å². The molecule has 0 aliphatic heterocycles. The van der Waals surface area contributed by atoms with Crippen molar-refractivity contribution < 1.29 is 23.6 Å². The Morgan fingerprint density at radius 3 is 2.60 bits per heavy atom. The maximum atomic E-state index is 11.3. The predicted octanol–water partition coefficient (Wildman–Crippen LogP) is 6.10. The molecule has 1 aliphatic carbocycles. The molecule has 2 aromatic carbocycles. The minimum atomic E-state index is -0.408. The molecule has 1 aliphatic rings. The Morgan fingerprint density at radius 1 is 1.06 bits per heavy atom. The SMILES string of the molecule is Cc1cccc(-c2nc(CO[C@@H]3CCC[C@H](OCCOc4cccc(C)c4[N+](=O)[O-])C3)c(C)o2)c1. The van der Waals surface area contributed by atoms with Gasteiger partial charge in [0, 0.05) is 11.1 Å². The van der Waals surface area contributed by atoms with Crippen molar-refractivity contribution >= 4 is 5.69 Å². The topological polar surface area (TPSA) is 96.9 Å². The number of para-hydroxylation sites is 1. The Labute approximate surface area is 205 Å². The molecule has 0 saturated heterocycles. The molecule has 0 bridgehead atoms. The van der Waals surface area contributed by atoms with Gasteiger partial charge in [0.15, 0.2) is 5.75 Å². The molecule has 4 rings (SSSR count). The lowest BCUT2D eigenvalue weighted by molar-refractivity contribution is -0.386. The van der Waals surface area contributed by atoms with Crippen LogP contribution in [0.15, 0.2) is 46.9 Å². The number of oxazole rings is 1. The van der Waals surface area contributed by atoms with Gasteiger partial charge in [-0.05, 0) is 64.7 Å². The number of rotatable bonds is 10. The summed E-state index contributed by atoms with van der Waals surface area (Å²) in [4.78, 5) is 15.5. The van der Waals surface area contributed by atoms with Crippen molar-refractivity contribution in [1.29, 1.82) is 0 Å². The van der Waals surface area contributed by atoms with Gasteiger partial charge < -0.3 is 18.6 Å². The van der Waals surface area contributed by atoms with Crippen LogP contribution in [0.25, 0.3) is 11.5 Å². The molecular weight excluding hydrogens is 448 g/mol. The lowest BCUT2D eigenvalue weighted by Crippen LogP contribution is -2.29. The molecule has 35 heavy (non-hydrogen) atoms. The third kappa shape index (κ3) is 6.46. The van der Waals surface area contributed by atoms with Gasteiger partial charge >= 0.3 is 5.69 Å². The maximum absolute atomic E-state index is 11.3. The van der Waals surface area contributed by atoms with Crippen LogP contribution in [-0.4, -0.2) is 35.3 Å². The van der Waals surface area contributed by atoms with Crippen LogP contribution >= 0.6 is 0 Å². The molecule has 0 N–H and O–H groups in total. The average Bonchev–Trinajstić information content (AvgIpc) is 3.21. The van der Waals surface area contributed by atoms with Crippen molar-refractivity contribution in [3.8, 4) is 17.2 Å². The molecule has 1 fully saturated rings. The Balaban J connectivity index is 1.24. The minimum Gasteiger partial charge on any atom is -0.484 e. The predicted molar refractivity (Wildman–Crippen MR) is 132 cm³/mol. The van der Waals surface area contributed by atoms with Gasteiger partial charge in [0.25, 0.3) is 0 Å². The summed E-state index contributed by atoms with van der Waals surface area (Å²) in [5.41, 5.74) is 3.52. The lowest BCUT2D eigenvalue weighted by Gasteiger charge is -2.29. The van der Waals surface area contributed by atoms with Crippen molar-refractivity contribution in [3.05, 3.63) is 75.2 Å². The van der Waals surface area contributed by atoms with E-state index in [-0.39, 0.29) is 30.3 Å². The van der Waals surface area contributed by atoms with E-state index in [1.165, 1.54) is 0 Å². The van der Waals surface area contributed by atoms with Crippen LogP contribution in [-0.2, 0) is 16.1 Å². The zero-order valence-corrected chi connectivity index (χ0v) is 20.5. The molecule has 0 amide bonds. The minimum absolute atomic E-state index is 0.00679. The van der Waals surface area contributed by atoms with Crippen LogP contribution in [0.2, 0.25) is 0 Å². The van der Waals surface area contributed by atoms with Gasteiger partial charge in [0.1, 0.15) is 18.1 Å². The number of nitro groups is 1. The summed E-state index contributed by atoms with van der Waals surface area (Å²) < 4.78 is 23.7. The van der Waals surface area contributed by atoms with Crippen LogP contribution < -0.4 is 4.74 Å². The second kappa shape index (κ2) is 11.5. The van der Waals surface area contributed by atoms with E-state index >= 15 is 0 Å². The average molecular weight is 481 g/mol. The molecule has 0 spiro atoms. The second-order valence-electron chi connectivity index (χ2n) is 9.01. The zero-order valence-electron chi connectivity index (χ0n) is 20.5. The molecular formula is C27H32N2O6. The summed E-state index contributed by atoms with van der Waals surface area (Å²) in [6.07, 6.45) is 3.92. The molecule has 2 atom stereocenters. The Morgan fingerprint density at radius 2 is 1.83 bits per heavy atom. The Hall–Kier alpha value is -3.23. The number of benzene rings is 2. The molecule has 0 radical (unpaired) electrons. The van der Waals surface area contributed by atoms with E-state index in [1.54, 1.807) is 25.1 Å². The first-order valence-electron chi connectivity index (χ1n) is 12.0. The fraction of sp³-hybridized carbons (Fsp3) is 0.444. The standard InChI is InChI=1S/C27H32N2O6/c1-18-7-4-9-21(15-18)27-28-24(20(3)35-27)17-34-23-11-6-10-22(16-23)32-13-14-33-25-12-5-8-19(2)26(25)29(30)31/h4-5,7-9,12,15,22-23H,6,10-11,13-14,16-17H2,1-3H3/t22-,23+/m0/s1. The molecule has 1 aromatic heterocycles. The van der Waals surface area contributed by atoms with E-state index < -0.39 is 4.92 Å². The first kappa shape index (κ1) is 24.9. The number of aromatic nitrogens is 1. The first-order valence-corrected chi connectivity index (χ1v) is 12.0. The summed E-state index contributed by atoms with van der Waals surface area (Å²) in [6.45, 7) is 6.68. The van der Waals surface area contributed by atoms with E-state index in [0.29, 0.717) is 24.7 Å². The molecule has 186 valence electrons. The maximum Gasteiger partial charge on any atom is 0.313 e. The van der Waals surface area contributed by atoms with Crippen LogP contribution in [0.3, 0.4) is 0 Å². The summed E-state index contributed by atoms with van der Waals surface area (Å²) >= 11 is 0. The van der Waals surface area contributed by atoms with Gasteiger partial charge in [-0.15, -0.1) is 0 Å². The van der Waals surface area contributed by atoms with Gasteiger partial charge in [-0.25, -0.2) is 4.98 Å². The summed E-state index contributed by atoms with van der Waals surface area (Å²) in [7, 11) is 0. The normalized spacial score (nSPS) is 17.9. The van der Waals surface area contributed by atoms with Crippen molar-refractivity contribution in [2.45, 2.75) is 65.3 Å². The molecule has 1 heterocycles. The number of hydrogen-bond donors (Lipinski definition) is 0. The van der Waals surface area contributed by atoms with E-state index in [1.807, 2.05) is 32.0 Å². The van der Waals surface area contributed by atoms with Crippen LogP contribution in [0, 0.1) is 30.9 Å². The molecule has 1 saturated carbocycles. The fourth-order valence-electron chi connectivity index (χ4n) is 4.41. The third-order valence-corrected chi connectivity index (χ3v) is 6.27. The lowest BCUT2D eigenvalue weighted by atomic mass is 9.95. The third-order valence-electron chi connectivity index (χ3n) is 6.27. The highest BCUT2D eigenvalue weighted by Gasteiger charge is 2.24. The first-order chi connectivity index (χ1) is 16.9. The van der Waals surface area contributed by atoms with Gasteiger partial charge in [0.05, 0.1) is 30.3 Å². The summed E-state index contributed by atoms with van der Waals surface area (Å²) in [5, 5.41) is 11.3. The van der Waals surface area contributed by atoms with Gasteiger partial charge in [-0.3, -0.25) is 10.1 Å². The second-order valence-corrected chi connectivity index (χ2v) is 9.01. The van der Waals surface area contributed by atoms with Crippen LogP contribution in [0.5, 0.6) is 5.75 Å². The van der Waals surface area contributed by atoms with Gasteiger partial charge in [-0.2, -0.15) is 0 Å². The van der Waals surface area contributed by atoms with E-state index in [2.05, 4.69) is 11.1 Å². The molecule has 3 aromatic rings. The number of nitro benzene ring substituents is 1. The van der Waals surface area contributed by atoms with Crippen molar-refractivity contribution in [3.63, 3.8) is 0 Å². The van der Waals surface area contributed by atoms with Crippen LogP contribution in [0.4, 0.5) is 5.69 Å². The monoisotopic (exact) mass is 480 g/mol. The quantitative estimate of drug-likeness (QED) is 0.196. The smallest absolute Gasteiger partial charge is 0.313 e. The fourth-order valence-corrected chi connectivity index (χ4v) is 4.41. The van der Waals surface area contributed by atoms with Crippen molar-refractivity contribution in [1.82, 2.24) is 4.98 Å². The molecule has 0 unspecified atom stereocenters. The largest absolute Gasteiger partial charge is 0.484 e. The van der Waals surface area contributed by atoms with Crippen LogP contribution in [0.1, 0.15) is 48.3 Å². The van der Waals surface area contributed by atoms with E-state index in [9.17, 15) is 10.1 Å². The number of nitrogens with zero attached hydrogens (tertiary/aromatic N) is 2. The summed E-state index contributed by atoms with van der Waals surface area (Å²) in [5.74, 6) is 1.66. The zero-order chi connectivity index (χ0) is 24.8. The van der Waals surface area contributed by atoms with Crippen molar-refractivity contribution in [2.24, 2.45) is 0 Å². The highest BCUT2D eigenvalue weighted by Crippen LogP contribution is 2.30. The number of aryl methyl sites for hydroxylation is 3. The van der Waals surface area contributed by atoms with Crippen molar-refractivity contribution in [2.75, 3.05) is 13.2 Å². The Bertz CT molecular complexity index is 1160. The van der Waals surface area contributed by atoms with Gasteiger partial charge in [-0.1, -0.05) is 29.8 Å². The molecule has 8 nitrogen and oxygen atoms in total. The summed E-state index contributed by atoms with van der Waals surface area (Å²) in [6, 6.07) is 13.2. The van der Waals surface area contributed by atoms with Gasteiger partial charge in [0.2, 0.25) is 5.89 Å². The Kier molecular flexibility index (Phi) is 8.15.